The molecule has 422 valence electrons. The summed E-state index contributed by atoms with van der Waals surface area (Å²) in [6.45, 7) is 4.69. The number of cyclic esters (lactones) is 1. The molecule has 5 heterocycles. The largest absolute Gasteiger partial charge is 0.508 e. The summed E-state index contributed by atoms with van der Waals surface area (Å²) in [5.41, 5.74) is 9.42. The molecule has 10 aliphatic rings. The number of hydrogen-bond donors (Lipinski definition) is 8. The van der Waals surface area contributed by atoms with E-state index in [1.165, 1.54) is 11.1 Å². The number of phenols is 1. The van der Waals surface area contributed by atoms with Crippen LogP contribution in [-0.2, 0) is 38.4 Å². The summed E-state index contributed by atoms with van der Waals surface area (Å²) < 4.78 is 13.4. The summed E-state index contributed by atoms with van der Waals surface area (Å²) in [5, 5.41) is 58.2. The van der Waals surface area contributed by atoms with Gasteiger partial charge in [-0.3, -0.25) is 0 Å². The molecule has 5 aliphatic heterocycles. The highest BCUT2D eigenvalue weighted by Crippen LogP contribution is 2.72. The van der Waals surface area contributed by atoms with Gasteiger partial charge in [-0.25, -0.2) is 9.59 Å². The Morgan fingerprint density at radius 2 is 1.69 bits per heavy atom. The van der Waals surface area contributed by atoms with Gasteiger partial charge in [-0.2, -0.15) is 0 Å². The zero-order chi connectivity index (χ0) is 55.1. The first-order chi connectivity index (χ1) is 39.0. The van der Waals surface area contributed by atoms with E-state index in [0.717, 1.165) is 110 Å². The average molecular weight is 1080 g/mol. The van der Waals surface area contributed by atoms with Crippen molar-refractivity contribution in [3.63, 3.8) is 0 Å². The van der Waals surface area contributed by atoms with Crippen molar-refractivity contribution in [2.75, 3.05) is 39.9 Å². The van der Waals surface area contributed by atoms with E-state index in [0.29, 0.717) is 73.8 Å². The summed E-state index contributed by atoms with van der Waals surface area (Å²) in [7, 11) is 2.03. The highest BCUT2D eigenvalue weighted by molar-refractivity contribution is 6.07. The first kappa shape index (κ1) is 54.9. The Balaban J connectivity index is 1.04. The van der Waals surface area contributed by atoms with Crippen molar-refractivity contribution in [1.29, 1.82) is 0 Å². The van der Waals surface area contributed by atoms with Crippen LogP contribution in [0.25, 0.3) is 16.7 Å². The van der Waals surface area contributed by atoms with Gasteiger partial charge in [0.05, 0.1) is 23.3 Å². The van der Waals surface area contributed by atoms with Crippen LogP contribution >= 0.6 is 0 Å². The number of piperidine rings is 1. The molecule has 0 radical (unpaired) electrons. The lowest BCUT2D eigenvalue weighted by molar-refractivity contribution is -0.135. The van der Waals surface area contributed by atoms with Crippen molar-refractivity contribution in [2.45, 2.75) is 122 Å². The van der Waals surface area contributed by atoms with E-state index in [9.17, 15) is 20.4 Å². The Morgan fingerprint density at radius 1 is 0.838 bits per heavy atom. The van der Waals surface area contributed by atoms with Gasteiger partial charge in [-0.05, 0) is 233 Å². The fourth-order valence-electron chi connectivity index (χ4n) is 16.9. The van der Waals surface area contributed by atoms with Gasteiger partial charge < -0.3 is 51.2 Å². The number of phenolic OH excluding ortho intramolecular Hbond substituents is 1. The zero-order valence-electron chi connectivity index (χ0n) is 46.7. The quantitative estimate of drug-likeness (QED) is 0.0595. The molecule has 12 atom stereocenters. The Morgan fingerprint density at radius 3 is 2.51 bits per heavy atom. The fourth-order valence-corrected chi connectivity index (χ4v) is 16.9. The molecule has 4 fully saturated rings. The van der Waals surface area contributed by atoms with Crippen molar-refractivity contribution in [3.8, 4) is 16.9 Å². The standard InChI is InChI=1S/C68H82N4O8/c1-41(75)39-72-64-47-14-6-11-43(32-47)22-27-70-40-45-12-7-13-46(33-45)51-17-16-50(76)36-55(51)60-52-20-26-68(58(80-66(78)63(60)68)34-44(24-30-74)31-42-9-4-3-5-10-42)62-53(52)18-19-54-57(79-65(77)61(54)62)21-25-67(49-23-28-71-59(35-49)69-2)37-48(15-8-29-73)56(64)38-67/h3-7,9-14,16-17,21,32-34,36,41,44,48-49,52-53,56,59,62,64,69-76H,8,15,18-20,22-31,35,37-40H2,1-2H3. The number of allylic oxidation sites excluding steroid dienone is 5. The van der Waals surface area contributed by atoms with E-state index in [2.05, 4.69) is 94.1 Å². The van der Waals surface area contributed by atoms with Gasteiger partial charge in [0, 0.05) is 49.4 Å². The maximum Gasteiger partial charge on any atom is 0.340 e. The molecule has 80 heavy (non-hydrogen) atoms. The van der Waals surface area contributed by atoms with Crippen LogP contribution in [0.15, 0.2) is 137 Å². The van der Waals surface area contributed by atoms with Crippen LogP contribution in [0.4, 0.5) is 0 Å². The van der Waals surface area contributed by atoms with Gasteiger partial charge in [0.15, 0.2) is 0 Å². The molecule has 12 unspecified atom stereocenters. The van der Waals surface area contributed by atoms with Gasteiger partial charge in [0.2, 0.25) is 0 Å². The second-order valence-corrected chi connectivity index (χ2v) is 24.9. The highest BCUT2D eigenvalue weighted by Gasteiger charge is 2.69. The third kappa shape index (κ3) is 10.3. The number of rotatable bonds is 13. The minimum absolute atomic E-state index is 0.0249. The Labute approximate surface area is 472 Å². The number of carbonyl (C=O) groups excluding carboxylic acids is 2. The third-order valence-electron chi connectivity index (χ3n) is 20.4. The lowest BCUT2D eigenvalue weighted by atomic mass is 9.44. The minimum atomic E-state index is -0.992. The van der Waals surface area contributed by atoms with Crippen LogP contribution in [0.1, 0.15) is 118 Å². The molecular weight excluding hydrogens is 1000 g/mol. The highest BCUT2D eigenvalue weighted by atomic mass is 16.6. The summed E-state index contributed by atoms with van der Waals surface area (Å²) >= 11 is 0. The molecule has 0 amide bonds. The van der Waals surface area contributed by atoms with Gasteiger partial charge in [-0.1, -0.05) is 78.9 Å². The molecule has 1 spiro atoms. The lowest BCUT2D eigenvalue weighted by Gasteiger charge is -2.56. The second-order valence-electron chi connectivity index (χ2n) is 24.9. The van der Waals surface area contributed by atoms with Crippen molar-refractivity contribution in [3.05, 3.63) is 165 Å². The van der Waals surface area contributed by atoms with Gasteiger partial charge >= 0.3 is 11.9 Å². The number of aromatic hydroxyl groups is 1. The molecule has 4 aromatic carbocycles. The topological polar surface area (TPSA) is 182 Å². The average Bonchev–Trinajstić information content (AvgIpc) is 3.39. The van der Waals surface area contributed by atoms with Crippen molar-refractivity contribution in [1.82, 2.24) is 21.3 Å². The number of fused-ring (bicyclic) bond motifs is 5. The van der Waals surface area contributed by atoms with Crippen LogP contribution in [0.3, 0.4) is 0 Å². The molecule has 0 aromatic heterocycles. The number of ether oxygens (including phenoxy) is 2. The Hall–Kier alpha value is -5.70. The number of carbonyl (C=O) groups is 2. The van der Waals surface area contributed by atoms with Gasteiger partial charge in [-0.15, -0.1) is 0 Å². The van der Waals surface area contributed by atoms with Gasteiger partial charge in [0.25, 0.3) is 0 Å². The van der Waals surface area contributed by atoms with E-state index in [1.807, 2.05) is 44.3 Å². The molecule has 12 nitrogen and oxygen atoms in total. The van der Waals surface area contributed by atoms with Gasteiger partial charge in [0.1, 0.15) is 17.3 Å². The van der Waals surface area contributed by atoms with Crippen molar-refractivity contribution < 1.29 is 39.5 Å². The summed E-state index contributed by atoms with van der Waals surface area (Å²) in [6, 6.07) is 33.3. The predicted molar refractivity (Wildman–Crippen MR) is 310 cm³/mol. The van der Waals surface area contributed by atoms with E-state index >= 15 is 9.59 Å². The van der Waals surface area contributed by atoms with E-state index in [1.54, 1.807) is 6.07 Å². The molecule has 14 bridgehead atoms. The Bertz CT molecular complexity index is 3090. The maximum atomic E-state index is 15.3. The van der Waals surface area contributed by atoms with Crippen molar-refractivity contribution in [2.24, 2.45) is 52.3 Å². The zero-order valence-corrected chi connectivity index (χ0v) is 46.7. The Kier molecular flexibility index (Phi) is 16.0. The minimum Gasteiger partial charge on any atom is -0.508 e. The van der Waals surface area contributed by atoms with Crippen LogP contribution in [0.5, 0.6) is 5.75 Å². The SMILES string of the molecule is CNC1CC(C23CC=C4OC(=O)C5=C4CCC4C6CCC7(C(=CC(CCO)Cc8ccccc8)OC(=O)C7=C6c6cc(O)ccc6-c6cccc(c6)CNCCc6cccc(c6)C(NCC(C)O)C(C2)C(CCCO)C3)C54)CCN1. The maximum absolute atomic E-state index is 15.3. The molecule has 2 saturated carbocycles. The van der Waals surface area contributed by atoms with Crippen LogP contribution in [0.2, 0.25) is 0 Å². The van der Waals surface area contributed by atoms with E-state index in [-0.39, 0.29) is 78.1 Å². The predicted octanol–water partition coefficient (Wildman–Crippen LogP) is 9.75. The van der Waals surface area contributed by atoms with Crippen LogP contribution < -0.4 is 21.3 Å². The van der Waals surface area contributed by atoms with Crippen molar-refractivity contribution >= 4 is 17.5 Å². The molecule has 14 rings (SSSR count). The normalized spacial score (nSPS) is 31.3. The monoisotopic (exact) mass is 1080 g/mol. The summed E-state index contributed by atoms with van der Waals surface area (Å²) in [5.74, 6) is 0.796. The van der Waals surface area contributed by atoms with E-state index < -0.39 is 17.5 Å². The number of aliphatic hydroxyl groups is 3. The molecule has 5 aliphatic carbocycles. The number of aliphatic hydroxyl groups excluding tert-OH is 3. The first-order valence-corrected chi connectivity index (χ1v) is 30.2. The molecule has 4 aromatic rings. The third-order valence-corrected chi connectivity index (χ3v) is 20.4. The molecule has 2 saturated heterocycles. The van der Waals surface area contributed by atoms with E-state index in [4.69, 9.17) is 9.47 Å². The first-order valence-electron chi connectivity index (χ1n) is 30.2. The van der Waals surface area contributed by atoms with Crippen LogP contribution in [0, 0.1) is 52.3 Å². The van der Waals surface area contributed by atoms with Crippen LogP contribution in [-0.4, -0.2) is 84.5 Å². The molecule has 8 N–H and O–H groups in total. The lowest BCUT2D eigenvalue weighted by Crippen LogP contribution is -2.52. The number of hydrogen-bond acceptors (Lipinski definition) is 12. The molecular formula is C68H82N4O8. The number of benzene rings is 4. The number of nitrogens with one attached hydrogen (secondary N) is 4. The summed E-state index contributed by atoms with van der Waals surface area (Å²) in [6.07, 6.45) is 15.0. The number of esters is 2. The smallest absolute Gasteiger partial charge is 0.340 e. The second kappa shape index (κ2) is 23.3. The summed E-state index contributed by atoms with van der Waals surface area (Å²) in [4.78, 5) is 30.6. The fraction of sp³-hybridized carbons (Fsp3) is 0.500. The molecule has 12 heteroatoms.